The molecule has 84 valence electrons. The van der Waals surface area contributed by atoms with Crippen molar-refractivity contribution in [3.63, 3.8) is 0 Å². The minimum absolute atomic E-state index is 0.863. The predicted molar refractivity (Wildman–Crippen MR) is 63.5 cm³/mol. The van der Waals surface area contributed by atoms with E-state index in [-0.39, 0.29) is 0 Å². The summed E-state index contributed by atoms with van der Waals surface area (Å²) >= 11 is 0. The van der Waals surface area contributed by atoms with Crippen molar-refractivity contribution in [1.82, 2.24) is 5.32 Å². The molecule has 0 saturated heterocycles. The van der Waals surface area contributed by atoms with Crippen LogP contribution in [-0.4, -0.2) is 43.2 Å². The van der Waals surface area contributed by atoms with Crippen LogP contribution >= 0.6 is 0 Å². The third-order valence-electron chi connectivity index (χ3n) is 2.91. The standard InChI is InChI=1S/C11H26N3/c1-6-12-11(13-7-2)14(8-3,9-4)10-5/h6-10H2,1-5H3,(H,12,13)/q+1. The van der Waals surface area contributed by atoms with E-state index in [0.29, 0.717) is 0 Å². The van der Waals surface area contributed by atoms with Crippen LogP contribution in [0, 0.1) is 0 Å². The van der Waals surface area contributed by atoms with Gasteiger partial charge in [-0.3, -0.25) is 4.48 Å². The average molecular weight is 200 g/mol. The Morgan fingerprint density at radius 2 is 1.50 bits per heavy atom. The van der Waals surface area contributed by atoms with Gasteiger partial charge in [0, 0.05) is 13.1 Å². The number of aliphatic imine (C=N–C) groups is 1. The van der Waals surface area contributed by atoms with E-state index in [1.54, 1.807) is 0 Å². The maximum absolute atomic E-state index is 4.58. The summed E-state index contributed by atoms with van der Waals surface area (Å²) in [7, 11) is 0. The first-order chi connectivity index (χ1) is 6.70. The molecule has 0 aliphatic carbocycles. The lowest BCUT2D eigenvalue weighted by Crippen LogP contribution is -2.58. The zero-order chi connectivity index (χ0) is 11.0. The molecular formula is C11H26N3+. The number of hydrogen-bond acceptors (Lipinski definition) is 1. The Bertz CT molecular complexity index is 163. The molecule has 0 fully saturated rings. The summed E-state index contributed by atoms with van der Waals surface area (Å²) in [5.74, 6) is 1.16. The Morgan fingerprint density at radius 1 is 1.00 bits per heavy atom. The van der Waals surface area contributed by atoms with E-state index >= 15 is 0 Å². The van der Waals surface area contributed by atoms with Crippen molar-refractivity contribution < 1.29 is 4.48 Å². The average Bonchev–Trinajstić information content (AvgIpc) is 2.22. The zero-order valence-electron chi connectivity index (χ0n) is 10.4. The lowest BCUT2D eigenvalue weighted by molar-refractivity contribution is -0.838. The van der Waals surface area contributed by atoms with E-state index in [2.05, 4.69) is 44.9 Å². The molecule has 0 amide bonds. The fourth-order valence-corrected chi connectivity index (χ4v) is 1.80. The van der Waals surface area contributed by atoms with E-state index < -0.39 is 0 Å². The van der Waals surface area contributed by atoms with E-state index in [1.807, 2.05) is 0 Å². The summed E-state index contributed by atoms with van der Waals surface area (Å²) < 4.78 is 0.974. The van der Waals surface area contributed by atoms with Gasteiger partial charge in [0.15, 0.2) is 0 Å². The first kappa shape index (κ1) is 13.4. The number of nitrogens with zero attached hydrogens (tertiary/aromatic N) is 2. The Hall–Kier alpha value is -0.570. The molecule has 0 spiro atoms. The molecule has 1 N–H and O–H groups in total. The molecule has 3 heteroatoms. The predicted octanol–water partition coefficient (Wildman–Crippen LogP) is 1.85. The quantitative estimate of drug-likeness (QED) is 0.409. The van der Waals surface area contributed by atoms with E-state index in [0.717, 1.165) is 43.2 Å². The molecule has 0 aromatic heterocycles. The smallest absolute Gasteiger partial charge is 0.297 e. The van der Waals surface area contributed by atoms with E-state index in [4.69, 9.17) is 0 Å². The largest absolute Gasteiger partial charge is 0.325 e. The van der Waals surface area contributed by atoms with Crippen molar-refractivity contribution in [3.8, 4) is 0 Å². The van der Waals surface area contributed by atoms with E-state index in [1.165, 1.54) is 0 Å². The van der Waals surface area contributed by atoms with Crippen LogP contribution in [-0.2, 0) is 0 Å². The number of nitrogens with one attached hydrogen (secondary N) is 1. The summed E-state index contributed by atoms with van der Waals surface area (Å²) in [6.45, 7) is 16.1. The highest BCUT2D eigenvalue weighted by atomic mass is 15.4. The molecule has 0 radical (unpaired) electrons. The van der Waals surface area contributed by atoms with Gasteiger partial charge in [-0.25, -0.2) is 4.99 Å². The fraction of sp³-hybridized carbons (Fsp3) is 0.909. The molecule has 0 aliphatic heterocycles. The van der Waals surface area contributed by atoms with Gasteiger partial charge in [-0.1, -0.05) is 0 Å². The third kappa shape index (κ3) is 2.98. The van der Waals surface area contributed by atoms with Crippen LogP contribution in [0.4, 0.5) is 0 Å². The van der Waals surface area contributed by atoms with Crippen molar-refractivity contribution in [3.05, 3.63) is 0 Å². The van der Waals surface area contributed by atoms with Gasteiger partial charge in [-0.2, -0.15) is 0 Å². The minimum Gasteiger partial charge on any atom is -0.325 e. The molecule has 0 rings (SSSR count). The molecule has 0 atom stereocenters. The summed E-state index contributed by atoms with van der Waals surface area (Å²) in [6.07, 6.45) is 0. The van der Waals surface area contributed by atoms with Gasteiger partial charge in [-0.15, -0.1) is 0 Å². The topological polar surface area (TPSA) is 24.4 Å². The normalized spacial score (nSPS) is 13.1. The molecule has 14 heavy (non-hydrogen) atoms. The maximum Gasteiger partial charge on any atom is 0.297 e. The molecule has 0 unspecified atom stereocenters. The van der Waals surface area contributed by atoms with Crippen molar-refractivity contribution in [2.75, 3.05) is 32.7 Å². The second-order valence-corrected chi connectivity index (χ2v) is 3.42. The van der Waals surface area contributed by atoms with Crippen molar-refractivity contribution in [1.29, 1.82) is 0 Å². The van der Waals surface area contributed by atoms with Gasteiger partial charge in [0.2, 0.25) is 0 Å². The Balaban J connectivity index is 4.80. The van der Waals surface area contributed by atoms with Crippen molar-refractivity contribution >= 4 is 5.96 Å². The monoisotopic (exact) mass is 200 g/mol. The molecule has 0 aromatic rings. The lowest BCUT2D eigenvalue weighted by atomic mass is 10.3. The highest BCUT2D eigenvalue weighted by Gasteiger charge is 2.28. The molecule has 0 aromatic carbocycles. The van der Waals surface area contributed by atoms with Crippen LogP contribution in [0.2, 0.25) is 0 Å². The summed E-state index contributed by atoms with van der Waals surface area (Å²) in [6, 6.07) is 0. The Kier molecular flexibility index (Phi) is 6.54. The number of hydrogen-bond donors (Lipinski definition) is 1. The lowest BCUT2D eigenvalue weighted by Gasteiger charge is -2.35. The maximum atomic E-state index is 4.58. The molecule has 0 aliphatic rings. The fourth-order valence-electron chi connectivity index (χ4n) is 1.80. The SMILES string of the molecule is CCN=C(NCC)[N+](CC)(CC)CC. The second kappa shape index (κ2) is 6.82. The van der Waals surface area contributed by atoms with Gasteiger partial charge >= 0.3 is 0 Å². The van der Waals surface area contributed by atoms with Gasteiger partial charge in [-0.05, 0) is 34.6 Å². The Morgan fingerprint density at radius 3 is 1.79 bits per heavy atom. The van der Waals surface area contributed by atoms with Crippen LogP contribution in [0.15, 0.2) is 4.99 Å². The summed E-state index contributed by atoms with van der Waals surface area (Å²) in [5.41, 5.74) is 0. The van der Waals surface area contributed by atoms with Crippen molar-refractivity contribution in [2.24, 2.45) is 4.99 Å². The van der Waals surface area contributed by atoms with E-state index in [9.17, 15) is 0 Å². The Labute approximate surface area is 88.8 Å². The number of rotatable bonds is 5. The molecular weight excluding hydrogens is 174 g/mol. The van der Waals surface area contributed by atoms with Crippen LogP contribution < -0.4 is 5.32 Å². The zero-order valence-corrected chi connectivity index (χ0v) is 10.4. The van der Waals surface area contributed by atoms with Crippen molar-refractivity contribution in [2.45, 2.75) is 34.6 Å². The summed E-state index contributed by atoms with van der Waals surface area (Å²) in [4.78, 5) is 4.58. The highest BCUT2D eigenvalue weighted by molar-refractivity contribution is 5.73. The molecule has 0 bridgehead atoms. The summed E-state index contributed by atoms with van der Waals surface area (Å²) in [5, 5.41) is 3.40. The van der Waals surface area contributed by atoms with Crippen LogP contribution in [0.5, 0.6) is 0 Å². The second-order valence-electron chi connectivity index (χ2n) is 3.42. The highest BCUT2D eigenvalue weighted by Crippen LogP contribution is 2.06. The molecule has 3 nitrogen and oxygen atoms in total. The third-order valence-corrected chi connectivity index (χ3v) is 2.91. The first-order valence-corrected chi connectivity index (χ1v) is 5.85. The van der Waals surface area contributed by atoms with Gasteiger partial charge in [0.25, 0.3) is 5.96 Å². The van der Waals surface area contributed by atoms with Crippen LogP contribution in [0.3, 0.4) is 0 Å². The van der Waals surface area contributed by atoms with Crippen LogP contribution in [0.1, 0.15) is 34.6 Å². The molecule has 0 heterocycles. The molecule has 0 saturated carbocycles. The number of guanidine groups is 1. The minimum atomic E-state index is 0.863. The van der Waals surface area contributed by atoms with Gasteiger partial charge < -0.3 is 5.32 Å². The van der Waals surface area contributed by atoms with Gasteiger partial charge in [0.05, 0.1) is 19.6 Å². The van der Waals surface area contributed by atoms with Gasteiger partial charge in [0.1, 0.15) is 0 Å². The first-order valence-electron chi connectivity index (χ1n) is 5.85. The van der Waals surface area contributed by atoms with Crippen LogP contribution in [0.25, 0.3) is 0 Å². The number of quaternary nitrogens is 1.